The van der Waals surface area contributed by atoms with Gasteiger partial charge in [0.1, 0.15) is 5.82 Å². The molecular weight excluding hydrogens is 275 g/mol. The van der Waals surface area contributed by atoms with E-state index in [1.54, 1.807) is 12.1 Å². The Morgan fingerprint density at radius 2 is 1.77 bits per heavy atom. The van der Waals surface area contributed by atoms with Crippen molar-refractivity contribution in [3.8, 4) is 16.8 Å². The molecule has 0 aliphatic rings. The molecular formula is C19H19FN2. The second kappa shape index (κ2) is 5.76. The molecule has 22 heavy (non-hydrogen) atoms. The van der Waals surface area contributed by atoms with E-state index in [-0.39, 0.29) is 5.82 Å². The van der Waals surface area contributed by atoms with Crippen LogP contribution in [0, 0.1) is 19.7 Å². The molecule has 0 aliphatic carbocycles. The van der Waals surface area contributed by atoms with Crippen molar-refractivity contribution in [2.75, 3.05) is 0 Å². The Bertz CT molecular complexity index is 804. The molecule has 0 atom stereocenters. The van der Waals surface area contributed by atoms with Gasteiger partial charge in [0.2, 0.25) is 0 Å². The minimum Gasteiger partial charge on any atom is -0.237 e. The molecule has 0 fully saturated rings. The molecule has 3 aromatic rings. The molecule has 2 nitrogen and oxygen atoms in total. The number of hydrogen-bond donors (Lipinski definition) is 0. The summed E-state index contributed by atoms with van der Waals surface area (Å²) < 4.78 is 15.5. The van der Waals surface area contributed by atoms with Gasteiger partial charge in [0.25, 0.3) is 0 Å². The Morgan fingerprint density at radius 3 is 2.45 bits per heavy atom. The standard InChI is InChI=1S/C19H19FN2/c1-4-17-19(15-8-6-5-7-9-15)14(3)21-22(17)18-12-16(20)11-10-13(18)2/h5-12H,4H2,1-3H3. The van der Waals surface area contributed by atoms with E-state index in [0.29, 0.717) is 0 Å². The molecule has 0 bridgehead atoms. The quantitative estimate of drug-likeness (QED) is 0.674. The third kappa shape index (κ3) is 2.43. The lowest BCUT2D eigenvalue weighted by molar-refractivity contribution is 0.624. The molecule has 0 N–H and O–H groups in total. The molecule has 0 spiro atoms. The first-order chi connectivity index (χ1) is 10.6. The zero-order chi connectivity index (χ0) is 15.7. The number of aromatic nitrogens is 2. The van der Waals surface area contributed by atoms with Crippen LogP contribution in [-0.4, -0.2) is 9.78 Å². The zero-order valence-corrected chi connectivity index (χ0v) is 13.1. The van der Waals surface area contributed by atoms with Gasteiger partial charge in [-0.15, -0.1) is 0 Å². The second-order valence-electron chi connectivity index (χ2n) is 5.47. The topological polar surface area (TPSA) is 17.8 Å². The molecule has 112 valence electrons. The van der Waals surface area contributed by atoms with Crippen LogP contribution in [0.15, 0.2) is 48.5 Å². The normalized spacial score (nSPS) is 10.9. The first kappa shape index (κ1) is 14.5. The van der Waals surface area contributed by atoms with Crippen molar-refractivity contribution in [2.24, 2.45) is 0 Å². The molecule has 3 rings (SSSR count). The highest BCUT2D eigenvalue weighted by Gasteiger charge is 2.17. The Labute approximate surface area is 130 Å². The highest BCUT2D eigenvalue weighted by Crippen LogP contribution is 2.30. The van der Waals surface area contributed by atoms with Crippen LogP contribution in [0.3, 0.4) is 0 Å². The molecule has 0 saturated heterocycles. The van der Waals surface area contributed by atoms with Crippen LogP contribution in [-0.2, 0) is 6.42 Å². The van der Waals surface area contributed by atoms with Crippen molar-refractivity contribution in [1.82, 2.24) is 9.78 Å². The van der Waals surface area contributed by atoms with Gasteiger partial charge < -0.3 is 0 Å². The van der Waals surface area contributed by atoms with Crippen molar-refractivity contribution in [3.63, 3.8) is 0 Å². The summed E-state index contributed by atoms with van der Waals surface area (Å²) in [5.74, 6) is -0.239. The zero-order valence-electron chi connectivity index (χ0n) is 13.1. The molecule has 0 radical (unpaired) electrons. The lowest BCUT2D eigenvalue weighted by Gasteiger charge is -2.11. The number of hydrogen-bond acceptors (Lipinski definition) is 1. The third-order valence-corrected chi connectivity index (χ3v) is 3.95. The smallest absolute Gasteiger partial charge is 0.125 e. The third-order valence-electron chi connectivity index (χ3n) is 3.95. The van der Waals surface area contributed by atoms with Crippen molar-refractivity contribution < 1.29 is 4.39 Å². The number of nitrogens with zero attached hydrogens (tertiary/aromatic N) is 2. The lowest BCUT2D eigenvalue weighted by atomic mass is 10.0. The minimum absolute atomic E-state index is 0.239. The molecule has 0 saturated carbocycles. The van der Waals surface area contributed by atoms with E-state index in [1.807, 2.05) is 36.7 Å². The fourth-order valence-electron chi connectivity index (χ4n) is 2.89. The molecule has 2 aromatic carbocycles. The van der Waals surface area contributed by atoms with E-state index >= 15 is 0 Å². The minimum atomic E-state index is -0.239. The van der Waals surface area contributed by atoms with Gasteiger partial charge in [0.15, 0.2) is 0 Å². The van der Waals surface area contributed by atoms with Gasteiger partial charge in [-0.2, -0.15) is 5.10 Å². The maximum atomic E-state index is 13.7. The van der Waals surface area contributed by atoms with E-state index in [0.717, 1.165) is 40.2 Å². The highest BCUT2D eigenvalue weighted by molar-refractivity contribution is 5.69. The van der Waals surface area contributed by atoms with E-state index in [1.165, 1.54) is 6.07 Å². The molecule has 0 amide bonds. The molecule has 1 heterocycles. The fraction of sp³-hybridized carbons (Fsp3) is 0.211. The predicted molar refractivity (Wildman–Crippen MR) is 87.8 cm³/mol. The van der Waals surface area contributed by atoms with Crippen molar-refractivity contribution in [1.29, 1.82) is 0 Å². The Morgan fingerprint density at radius 1 is 1.05 bits per heavy atom. The average molecular weight is 294 g/mol. The summed E-state index contributed by atoms with van der Waals surface area (Å²) in [6.07, 6.45) is 0.834. The summed E-state index contributed by atoms with van der Waals surface area (Å²) in [4.78, 5) is 0. The summed E-state index contributed by atoms with van der Waals surface area (Å²) in [5.41, 5.74) is 6.19. The number of halogens is 1. The number of aryl methyl sites for hydroxylation is 2. The summed E-state index contributed by atoms with van der Waals surface area (Å²) in [7, 11) is 0. The van der Waals surface area contributed by atoms with E-state index in [2.05, 4.69) is 24.2 Å². The molecule has 0 unspecified atom stereocenters. The second-order valence-corrected chi connectivity index (χ2v) is 5.47. The van der Waals surface area contributed by atoms with Crippen LogP contribution in [0.1, 0.15) is 23.9 Å². The first-order valence-electron chi connectivity index (χ1n) is 7.52. The van der Waals surface area contributed by atoms with Gasteiger partial charge in [-0.3, -0.25) is 0 Å². The molecule has 3 heteroatoms. The maximum Gasteiger partial charge on any atom is 0.125 e. The summed E-state index contributed by atoms with van der Waals surface area (Å²) in [5, 5.41) is 4.68. The van der Waals surface area contributed by atoms with Crippen molar-refractivity contribution in [3.05, 3.63) is 71.3 Å². The monoisotopic (exact) mass is 294 g/mol. The van der Waals surface area contributed by atoms with E-state index in [4.69, 9.17) is 0 Å². The summed E-state index contributed by atoms with van der Waals surface area (Å²) in [6, 6.07) is 15.1. The van der Waals surface area contributed by atoms with Crippen LogP contribution in [0.5, 0.6) is 0 Å². The summed E-state index contributed by atoms with van der Waals surface area (Å²) in [6.45, 7) is 6.09. The lowest BCUT2D eigenvalue weighted by Crippen LogP contribution is -2.04. The van der Waals surface area contributed by atoms with Crippen molar-refractivity contribution in [2.45, 2.75) is 27.2 Å². The maximum absolute atomic E-state index is 13.7. The van der Waals surface area contributed by atoms with Crippen LogP contribution in [0.4, 0.5) is 4.39 Å². The summed E-state index contributed by atoms with van der Waals surface area (Å²) >= 11 is 0. The highest BCUT2D eigenvalue weighted by atomic mass is 19.1. The predicted octanol–water partition coefficient (Wildman–Crippen LogP) is 4.86. The van der Waals surface area contributed by atoms with E-state index < -0.39 is 0 Å². The van der Waals surface area contributed by atoms with Gasteiger partial charge in [0, 0.05) is 5.56 Å². The number of benzene rings is 2. The SMILES string of the molecule is CCc1c(-c2ccccc2)c(C)nn1-c1cc(F)ccc1C. The Hall–Kier alpha value is -2.42. The number of rotatable bonds is 3. The Kier molecular flexibility index (Phi) is 3.80. The van der Waals surface area contributed by atoms with Crippen LogP contribution in [0.25, 0.3) is 16.8 Å². The van der Waals surface area contributed by atoms with Gasteiger partial charge >= 0.3 is 0 Å². The van der Waals surface area contributed by atoms with Crippen LogP contribution < -0.4 is 0 Å². The molecule has 0 aliphatic heterocycles. The van der Waals surface area contributed by atoms with Gasteiger partial charge in [-0.25, -0.2) is 9.07 Å². The van der Waals surface area contributed by atoms with Crippen LogP contribution in [0.2, 0.25) is 0 Å². The van der Waals surface area contributed by atoms with Crippen molar-refractivity contribution >= 4 is 0 Å². The van der Waals surface area contributed by atoms with Crippen LogP contribution >= 0.6 is 0 Å². The van der Waals surface area contributed by atoms with E-state index in [9.17, 15) is 4.39 Å². The van der Waals surface area contributed by atoms with Gasteiger partial charge in [0.05, 0.1) is 17.1 Å². The first-order valence-corrected chi connectivity index (χ1v) is 7.52. The van der Waals surface area contributed by atoms with Gasteiger partial charge in [-0.1, -0.05) is 43.3 Å². The Balaban J connectivity index is 2.25. The fourth-order valence-corrected chi connectivity index (χ4v) is 2.89. The molecule has 1 aromatic heterocycles. The van der Waals surface area contributed by atoms with Gasteiger partial charge in [-0.05, 0) is 43.5 Å². The largest absolute Gasteiger partial charge is 0.237 e. The average Bonchev–Trinajstić information content (AvgIpc) is 2.87.